The standard InChI is InChI=1S/C21H21BrClN3O2S2.C20H19BrClN3O2S2/c1-2-15-3-5-16(6-4-15)19-14-29-21(24-19)25-9-11-26(12-10-25)30(27,28)20-8-7-17(22)13-18(20)23;1-14-2-4-15(5-3-14)18-13-28-20(23-18)24-8-10-25(11-9-24)29(26,27)19-7-6-16(21)12-17(19)22/h3-8,13-14H,2,9-12H2,1H3;2-7,12-13H,8-11H2,1H3. The molecule has 6 aromatic rings. The van der Waals surface area contributed by atoms with Crippen LogP contribution in [-0.2, 0) is 26.5 Å². The second kappa shape index (κ2) is 19.0. The van der Waals surface area contributed by atoms with Crippen LogP contribution in [0.1, 0.15) is 18.1 Å². The Kier molecular flexibility index (Phi) is 14.2. The van der Waals surface area contributed by atoms with E-state index in [0.717, 1.165) is 48.1 Å². The molecule has 0 amide bonds. The van der Waals surface area contributed by atoms with Gasteiger partial charge in [-0.25, -0.2) is 26.8 Å². The van der Waals surface area contributed by atoms with Crippen molar-refractivity contribution in [3.8, 4) is 22.5 Å². The molecule has 0 atom stereocenters. The fourth-order valence-electron chi connectivity index (χ4n) is 6.61. The minimum atomic E-state index is -3.62. The zero-order chi connectivity index (χ0) is 41.9. The molecule has 4 heterocycles. The van der Waals surface area contributed by atoms with Crippen LogP contribution in [0.15, 0.2) is 114 Å². The molecule has 310 valence electrons. The number of halogens is 4. The van der Waals surface area contributed by atoms with Crippen LogP contribution in [0.25, 0.3) is 22.5 Å². The fourth-order valence-corrected chi connectivity index (χ4v) is 13.3. The van der Waals surface area contributed by atoms with Crippen LogP contribution in [-0.4, -0.2) is 87.8 Å². The van der Waals surface area contributed by atoms with Crippen LogP contribution in [0, 0.1) is 6.92 Å². The molecule has 0 aliphatic carbocycles. The molecule has 0 N–H and O–H groups in total. The van der Waals surface area contributed by atoms with E-state index < -0.39 is 20.0 Å². The summed E-state index contributed by atoms with van der Waals surface area (Å²) in [6.45, 7) is 8.16. The van der Waals surface area contributed by atoms with Crippen molar-refractivity contribution in [2.45, 2.75) is 30.1 Å². The quantitative estimate of drug-likeness (QED) is 0.141. The van der Waals surface area contributed by atoms with Gasteiger partial charge in [0.15, 0.2) is 10.3 Å². The van der Waals surface area contributed by atoms with Gasteiger partial charge in [0.1, 0.15) is 9.79 Å². The van der Waals surface area contributed by atoms with Gasteiger partial charge in [-0.3, -0.25) is 0 Å². The molecule has 0 unspecified atom stereocenters. The summed E-state index contributed by atoms with van der Waals surface area (Å²) in [5.41, 5.74) is 6.60. The molecule has 0 saturated carbocycles. The highest BCUT2D eigenvalue weighted by atomic mass is 79.9. The molecular formula is C41H40Br2Cl2N6O4S4. The third kappa shape index (κ3) is 10.3. The Labute approximate surface area is 380 Å². The normalized spacial score (nSPS) is 15.6. The summed E-state index contributed by atoms with van der Waals surface area (Å²) >= 11 is 22.2. The number of rotatable bonds is 9. The first-order chi connectivity index (χ1) is 28.2. The number of hydrogen-bond donors (Lipinski definition) is 0. The highest BCUT2D eigenvalue weighted by Crippen LogP contribution is 2.33. The predicted octanol–water partition coefficient (Wildman–Crippen LogP) is 10.3. The van der Waals surface area contributed by atoms with Gasteiger partial charge in [-0.05, 0) is 55.3 Å². The Balaban J connectivity index is 0.000000179. The molecule has 2 aliphatic rings. The molecule has 59 heavy (non-hydrogen) atoms. The van der Waals surface area contributed by atoms with E-state index in [0.29, 0.717) is 52.4 Å². The molecule has 2 aliphatic heterocycles. The maximum absolute atomic E-state index is 13.0. The molecular weight excluding hydrogens is 999 g/mol. The number of thiazole rings is 2. The highest BCUT2D eigenvalue weighted by Gasteiger charge is 2.32. The summed E-state index contributed by atoms with van der Waals surface area (Å²) in [5.74, 6) is 0. The number of anilines is 2. The van der Waals surface area contributed by atoms with Crippen molar-refractivity contribution >= 4 is 108 Å². The van der Waals surface area contributed by atoms with E-state index in [-0.39, 0.29) is 19.8 Å². The molecule has 2 fully saturated rings. The molecule has 2 aromatic heterocycles. The van der Waals surface area contributed by atoms with Crippen LogP contribution in [0.2, 0.25) is 10.0 Å². The largest absolute Gasteiger partial charge is 0.345 e. The maximum Gasteiger partial charge on any atom is 0.244 e. The van der Waals surface area contributed by atoms with Crippen molar-refractivity contribution in [2.75, 3.05) is 62.2 Å². The number of aryl methyl sites for hydroxylation is 2. The average Bonchev–Trinajstić information content (AvgIpc) is 3.93. The first-order valence-electron chi connectivity index (χ1n) is 18.7. The average molecular weight is 1040 g/mol. The van der Waals surface area contributed by atoms with Gasteiger partial charge in [0, 0.05) is 83.2 Å². The van der Waals surface area contributed by atoms with E-state index in [2.05, 4.69) is 109 Å². The van der Waals surface area contributed by atoms with Gasteiger partial charge in [-0.1, -0.05) is 116 Å². The lowest BCUT2D eigenvalue weighted by molar-refractivity contribution is 0.384. The second-order valence-electron chi connectivity index (χ2n) is 13.9. The van der Waals surface area contributed by atoms with Crippen molar-refractivity contribution in [1.29, 1.82) is 0 Å². The van der Waals surface area contributed by atoms with Crippen molar-refractivity contribution in [1.82, 2.24) is 18.6 Å². The van der Waals surface area contributed by atoms with Gasteiger partial charge in [-0.15, -0.1) is 22.7 Å². The van der Waals surface area contributed by atoms with Crippen LogP contribution in [0.4, 0.5) is 10.3 Å². The fraction of sp³-hybridized carbons (Fsp3) is 0.268. The van der Waals surface area contributed by atoms with Gasteiger partial charge in [0.05, 0.1) is 21.4 Å². The van der Waals surface area contributed by atoms with Crippen molar-refractivity contribution in [3.05, 3.63) is 126 Å². The van der Waals surface area contributed by atoms with Gasteiger partial charge in [0.25, 0.3) is 0 Å². The lowest BCUT2D eigenvalue weighted by Crippen LogP contribution is -2.48. The predicted molar refractivity (Wildman–Crippen MR) is 249 cm³/mol. The number of sulfonamides is 2. The Morgan fingerprint density at radius 1 is 0.593 bits per heavy atom. The summed E-state index contributed by atoms with van der Waals surface area (Å²) in [5, 5.41) is 6.39. The summed E-state index contributed by atoms with van der Waals surface area (Å²) < 4.78 is 56.4. The first-order valence-corrected chi connectivity index (χ1v) is 25.7. The molecule has 10 nitrogen and oxygen atoms in total. The van der Waals surface area contributed by atoms with Crippen LogP contribution in [0.3, 0.4) is 0 Å². The van der Waals surface area contributed by atoms with E-state index in [9.17, 15) is 16.8 Å². The number of benzene rings is 4. The van der Waals surface area contributed by atoms with Gasteiger partial charge < -0.3 is 9.80 Å². The smallest absolute Gasteiger partial charge is 0.244 e. The molecule has 0 bridgehead atoms. The van der Waals surface area contributed by atoms with Gasteiger partial charge >= 0.3 is 0 Å². The minimum absolute atomic E-state index is 0.145. The summed E-state index contributed by atoms with van der Waals surface area (Å²) in [6, 6.07) is 26.4. The molecule has 18 heteroatoms. The van der Waals surface area contributed by atoms with E-state index in [1.165, 1.54) is 19.7 Å². The second-order valence-corrected chi connectivity index (χ2v) is 22.0. The van der Waals surface area contributed by atoms with E-state index in [1.54, 1.807) is 59.1 Å². The highest BCUT2D eigenvalue weighted by molar-refractivity contribution is 9.10. The zero-order valence-electron chi connectivity index (χ0n) is 32.1. The molecule has 2 saturated heterocycles. The SMILES string of the molecule is CCc1ccc(-c2csc(N3CCN(S(=O)(=O)c4ccc(Br)cc4Cl)CC3)n2)cc1.Cc1ccc(-c2csc(N3CCN(S(=O)(=O)c4ccc(Br)cc4Cl)CC3)n2)cc1. The monoisotopic (exact) mass is 1040 g/mol. The Morgan fingerprint density at radius 3 is 1.36 bits per heavy atom. The third-order valence-electron chi connectivity index (χ3n) is 10.0. The maximum atomic E-state index is 13.0. The topological polar surface area (TPSA) is 107 Å². The lowest BCUT2D eigenvalue weighted by atomic mass is 10.1. The summed E-state index contributed by atoms with van der Waals surface area (Å²) in [6.07, 6.45) is 1.02. The van der Waals surface area contributed by atoms with E-state index in [4.69, 9.17) is 33.2 Å². The molecule has 0 spiro atoms. The first kappa shape index (κ1) is 44.2. The number of hydrogen-bond acceptors (Lipinski definition) is 10. The molecule has 0 radical (unpaired) electrons. The molecule has 4 aromatic carbocycles. The number of piperazine rings is 2. The van der Waals surface area contributed by atoms with Crippen LogP contribution < -0.4 is 9.80 Å². The number of aromatic nitrogens is 2. The zero-order valence-corrected chi connectivity index (χ0v) is 40.0. The van der Waals surface area contributed by atoms with E-state index >= 15 is 0 Å². The minimum Gasteiger partial charge on any atom is -0.345 e. The van der Waals surface area contributed by atoms with Crippen molar-refractivity contribution in [3.63, 3.8) is 0 Å². The van der Waals surface area contributed by atoms with E-state index in [1.807, 2.05) is 5.38 Å². The summed E-state index contributed by atoms with van der Waals surface area (Å²) in [4.78, 5) is 14.1. The number of nitrogens with zero attached hydrogens (tertiary/aromatic N) is 6. The van der Waals surface area contributed by atoms with Gasteiger partial charge in [-0.2, -0.15) is 8.61 Å². The Hall–Kier alpha value is -2.90. The Bertz CT molecular complexity index is 2630. The third-order valence-corrected chi connectivity index (χ3v) is 17.6. The Morgan fingerprint density at radius 2 is 0.983 bits per heavy atom. The lowest BCUT2D eigenvalue weighted by Gasteiger charge is -2.33. The van der Waals surface area contributed by atoms with Gasteiger partial charge in [0.2, 0.25) is 20.0 Å². The molecule has 8 rings (SSSR count). The van der Waals surface area contributed by atoms with Crippen LogP contribution >= 0.6 is 77.7 Å². The van der Waals surface area contributed by atoms with Crippen molar-refractivity contribution in [2.24, 2.45) is 0 Å². The van der Waals surface area contributed by atoms with Crippen molar-refractivity contribution < 1.29 is 16.8 Å². The van der Waals surface area contributed by atoms with Crippen LogP contribution in [0.5, 0.6) is 0 Å². The summed E-state index contributed by atoms with van der Waals surface area (Å²) in [7, 11) is -7.24.